The lowest BCUT2D eigenvalue weighted by Crippen LogP contribution is -2.34. The highest BCUT2D eigenvalue weighted by molar-refractivity contribution is 5.97. The van der Waals surface area contributed by atoms with Crippen LogP contribution in [0.1, 0.15) is 48.4 Å². The molecule has 1 fully saturated rings. The van der Waals surface area contributed by atoms with E-state index in [-0.39, 0.29) is 22.6 Å². The van der Waals surface area contributed by atoms with E-state index in [0.717, 1.165) is 31.2 Å². The summed E-state index contributed by atoms with van der Waals surface area (Å²) in [5.74, 6) is -2.05. The number of anilines is 1. The van der Waals surface area contributed by atoms with Crippen LogP contribution in [0.5, 0.6) is 5.88 Å². The van der Waals surface area contributed by atoms with Gasteiger partial charge in [-0.3, -0.25) is 4.79 Å². The molecule has 1 saturated carbocycles. The highest BCUT2D eigenvalue weighted by atomic mass is 19.3. The third kappa shape index (κ3) is 3.06. The van der Waals surface area contributed by atoms with Gasteiger partial charge in [-0.2, -0.15) is 18.4 Å². The summed E-state index contributed by atoms with van der Waals surface area (Å²) in [4.78, 5) is 21.1. The molecule has 0 saturated heterocycles. The van der Waals surface area contributed by atoms with Crippen LogP contribution in [0.15, 0.2) is 24.5 Å². The minimum atomic E-state index is -3.12. The van der Waals surface area contributed by atoms with Crippen LogP contribution in [0.4, 0.5) is 18.9 Å². The molecule has 3 heterocycles. The predicted octanol–water partition coefficient (Wildman–Crippen LogP) is 3.28. The van der Waals surface area contributed by atoms with E-state index in [4.69, 9.17) is 5.26 Å². The first kappa shape index (κ1) is 19.3. The maximum absolute atomic E-state index is 13.7. The summed E-state index contributed by atoms with van der Waals surface area (Å²) in [5, 5.41) is 15.8. The molecular weight excluding hydrogens is 413 g/mol. The van der Waals surface area contributed by atoms with Gasteiger partial charge in [-0.1, -0.05) is 6.42 Å². The highest BCUT2D eigenvalue weighted by Gasteiger charge is 2.52. The van der Waals surface area contributed by atoms with Crippen molar-refractivity contribution in [2.45, 2.75) is 43.6 Å². The standard InChI is InChI=1S/C20H15F3N6O2/c21-14-5-15-25-9-13-12(6-20(2-1-3-20)16(13)29(15)28-14)17(30)27-11-4-10(7-24)18(26-8-11)31-19(22)23/h4-5,8-9,12,19H,1-3,6H2,(H,27,30)/t12-/m1/s1. The van der Waals surface area contributed by atoms with E-state index in [1.807, 2.05) is 0 Å². The Morgan fingerprint density at radius 3 is 2.81 bits per heavy atom. The van der Waals surface area contributed by atoms with Gasteiger partial charge in [0.1, 0.15) is 11.6 Å². The lowest BCUT2D eigenvalue weighted by Gasteiger charge is -2.39. The number of fused-ring (bicyclic) bond motifs is 4. The van der Waals surface area contributed by atoms with Crippen molar-refractivity contribution in [1.82, 2.24) is 19.6 Å². The van der Waals surface area contributed by atoms with Gasteiger partial charge in [0, 0.05) is 23.2 Å². The molecule has 1 spiro atoms. The van der Waals surface area contributed by atoms with Gasteiger partial charge >= 0.3 is 6.61 Å². The van der Waals surface area contributed by atoms with Crippen LogP contribution in [0.25, 0.3) is 5.65 Å². The van der Waals surface area contributed by atoms with Crippen LogP contribution in [0, 0.1) is 17.3 Å². The summed E-state index contributed by atoms with van der Waals surface area (Å²) in [6.07, 6.45) is 6.00. The zero-order valence-electron chi connectivity index (χ0n) is 16.0. The minimum Gasteiger partial charge on any atom is -0.415 e. The average molecular weight is 428 g/mol. The quantitative estimate of drug-likeness (QED) is 0.684. The van der Waals surface area contributed by atoms with E-state index in [1.54, 1.807) is 12.3 Å². The Kier molecular flexibility index (Phi) is 4.32. The number of rotatable bonds is 4. The first-order chi connectivity index (χ1) is 14.9. The molecular formula is C20H15F3N6O2. The number of nitrogens with one attached hydrogen (secondary N) is 1. The monoisotopic (exact) mass is 428 g/mol. The molecule has 8 nitrogen and oxygen atoms in total. The van der Waals surface area contributed by atoms with Crippen molar-refractivity contribution >= 4 is 17.2 Å². The number of hydrogen-bond acceptors (Lipinski definition) is 6. The number of aromatic nitrogens is 4. The van der Waals surface area contributed by atoms with E-state index in [0.29, 0.717) is 17.6 Å². The molecule has 0 aliphatic heterocycles. The fourth-order valence-corrected chi connectivity index (χ4v) is 4.59. The van der Waals surface area contributed by atoms with E-state index in [9.17, 15) is 18.0 Å². The fourth-order valence-electron chi connectivity index (χ4n) is 4.59. The van der Waals surface area contributed by atoms with Crippen molar-refractivity contribution in [2.75, 3.05) is 5.32 Å². The molecule has 0 unspecified atom stereocenters. The minimum absolute atomic E-state index is 0.179. The third-order valence-corrected chi connectivity index (χ3v) is 6.02. The molecule has 1 N–H and O–H groups in total. The molecule has 1 amide bonds. The van der Waals surface area contributed by atoms with Gasteiger partial charge in [-0.05, 0) is 25.3 Å². The Morgan fingerprint density at radius 1 is 1.32 bits per heavy atom. The second kappa shape index (κ2) is 6.94. The predicted molar refractivity (Wildman–Crippen MR) is 100 cm³/mol. The number of amides is 1. The van der Waals surface area contributed by atoms with Crippen molar-refractivity contribution < 1.29 is 22.7 Å². The second-order valence-corrected chi connectivity index (χ2v) is 7.75. The topological polar surface area (TPSA) is 105 Å². The van der Waals surface area contributed by atoms with E-state index in [1.165, 1.54) is 16.6 Å². The molecule has 0 aromatic carbocycles. The molecule has 2 aliphatic carbocycles. The lowest BCUT2D eigenvalue weighted by atomic mass is 9.66. The Bertz CT molecular complexity index is 1250. The number of pyridine rings is 1. The number of carbonyl (C=O) groups excluding carboxylic acids is 1. The van der Waals surface area contributed by atoms with Crippen LogP contribution in [-0.2, 0) is 10.2 Å². The van der Waals surface area contributed by atoms with Crippen LogP contribution < -0.4 is 10.1 Å². The smallest absolute Gasteiger partial charge is 0.388 e. The van der Waals surface area contributed by atoms with Crippen LogP contribution in [-0.4, -0.2) is 32.1 Å². The van der Waals surface area contributed by atoms with Gasteiger partial charge in [0.25, 0.3) is 0 Å². The largest absolute Gasteiger partial charge is 0.415 e. The zero-order valence-corrected chi connectivity index (χ0v) is 16.0. The SMILES string of the molecule is N#Cc1cc(NC(=O)[C@@H]2CC3(CCC3)c3c2cnc2cc(F)nn32)cnc1OC(F)F. The van der Waals surface area contributed by atoms with Gasteiger partial charge in [0.15, 0.2) is 5.65 Å². The Balaban J connectivity index is 1.46. The lowest BCUT2D eigenvalue weighted by molar-refractivity contribution is -0.118. The summed E-state index contributed by atoms with van der Waals surface area (Å²) < 4.78 is 44.3. The van der Waals surface area contributed by atoms with Crippen molar-refractivity contribution in [3.63, 3.8) is 0 Å². The van der Waals surface area contributed by atoms with Crippen molar-refractivity contribution in [3.8, 4) is 11.9 Å². The first-order valence-corrected chi connectivity index (χ1v) is 9.61. The number of halogens is 3. The first-order valence-electron chi connectivity index (χ1n) is 9.61. The molecule has 11 heteroatoms. The summed E-state index contributed by atoms with van der Waals surface area (Å²) in [6.45, 7) is -3.12. The molecule has 0 radical (unpaired) electrons. The van der Waals surface area contributed by atoms with E-state index in [2.05, 4.69) is 25.1 Å². The van der Waals surface area contributed by atoms with Crippen LogP contribution >= 0.6 is 0 Å². The maximum atomic E-state index is 13.7. The number of nitrogens with zero attached hydrogens (tertiary/aromatic N) is 5. The normalized spacial score (nSPS) is 18.6. The van der Waals surface area contributed by atoms with E-state index >= 15 is 0 Å². The fraction of sp³-hybridized carbons (Fsp3) is 0.350. The molecule has 1 atom stereocenters. The van der Waals surface area contributed by atoms with Crippen LogP contribution in [0.2, 0.25) is 0 Å². The number of nitriles is 1. The second-order valence-electron chi connectivity index (χ2n) is 7.75. The molecule has 2 aliphatic rings. The van der Waals surface area contributed by atoms with Gasteiger partial charge in [-0.25, -0.2) is 14.5 Å². The molecule has 5 rings (SSSR count). The van der Waals surface area contributed by atoms with Gasteiger partial charge in [-0.15, -0.1) is 5.10 Å². The van der Waals surface area contributed by atoms with E-state index < -0.39 is 24.4 Å². The third-order valence-electron chi connectivity index (χ3n) is 6.02. The van der Waals surface area contributed by atoms with Gasteiger partial charge in [0.2, 0.25) is 17.7 Å². The maximum Gasteiger partial charge on any atom is 0.388 e. The molecule has 158 valence electrons. The highest BCUT2D eigenvalue weighted by Crippen LogP contribution is 2.56. The molecule has 31 heavy (non-hydrogen) atoms. The van der Waals surface area contributed by atoms with Crippen molar-refractivity contribution in [2.24, 2.45) is 0 Å². The number of carbonyl (C=O) groups is 1. The molecule has 3 aromatic rings. The summed E-state index contributed by atoms with van der Waals surface area (Å²) in [6, 6.07) is 4.20. The average Bonchev–Trinajstić information content (AvgIpc) is 3.25. The molecule has 0 bridgehead atoms. The zero-order chi connectivity index (χ0) is 21.8. The number of alkyl halides is 2. The molecule has 3 aromatic heterocycles. The Labute approximate surface area is 173 Å². The summed E-state index contributed by atoms with van der Waals surface area (Å²) >= 11 is 0. The number of hydrogen-bond donors (Lipinski definition) is 1. The van der Waals surface area contributed by atoms with Gasteiger partial charge < -0.3 is 10.1 Å². The van der Waals surface area contributed by atoms with Gasteiger partial charge in [0.05, 0.1) is 23.5 Å². The van der Waals surface area contributed by atoms with Crippen molar-refractivity contribution in [1.29, 1.82) is 5.26 Å². The Morgan fingerprint density at radius 2 is 2.13 bits per heavy atom. The van der Waals surface area contributed by atoms with Crippen molar-refractivity contribution in [3.05, 3.63) is 47.3 Å². The Hall–Kier alpha value is -3.68. The number of ether oxygens (including phenoxy) is 1. The summed E-state index contributed by atoms with van der Waals surface area (Å²) in [5.41, 5.74) is 1.57. The summed E-state index contributed by atoms with van der Waals surface area (Å²) in [7, 11) is 0. The van der Waals surface area contributed by atoms with Crippen LogP contribution in [0.3, 0.4) is 0 Å².